The highest BCUT2D eigenvalue weighted by Gasteiger charge is 2.21. The molecular weight excluding hydrogens is 641 g/mol. The van der Waals surface area contributed by atoms with Crippen molar-refractivity contribution in [3.63, 3.8) is 0 Å². The minimum absolute atomic E-state index is 0.0325. The van der Waals surface area contributed by atoms with Crippen LogP contribution in [0.15, 0.2) is 12.2 Å². The Morgan fingerprint density at radius 1 is 0.612 bits per heavy atom. The number of likely N-dealkylation sites (N-methyl/N-ethyl adjacent to an activating group) is 1. The Bertz CT molecular complexity index is 860. The molecule has 10 heteroatoms. The molecular formula is C39H76NO8P. The van der Waals surface area contributed by atoms with Gasteiger partial charge in [0.2, 0.25) is 0 Å². The number of hydrogen-bond acceptors (Lipinski definition) is 8. The van der Waals surface area contributed by atoms with E-state index in [9.17, 15) is 19.0 Å². The lowest BCUT2D eigenvalue weighted by Crippen LogP contribution is -2.37. The first kappa shape index (κ1) is 47.8. The number of unbranched alkanes of at least 4 members (excludes halogenated alkanes) is 20. The predicted octanol–water partition coefficient (Wildman–Crippen LogP) is 10.00. The highest BCUT2D eigenvalue weighted by molar-refractivity contribution is 7.45. The zero-order valence-electron chi connectivity index (χ0n) is 32.4. The predicted molar refractivity (Wildman–Crippen MR) is 199 cm³/mol. The van der Waals surface area contributed by atoms with Gasteiger partial charge in [0.1, 0.15) is 19.8 Å². The van der Waals surface area contributed by atoms with Crippen molar-refractivity contribution >= 4 is 19.8 Å². The highest BCUT2D eigenvalue weighted by Crippen LogP contribution is 2.38. The summed E-state index contributed by atoms with van der Waals surface area (Å²) in [6.07, 6.45) is 31.1. The summed E-state index contributed by atoms with van der Waals surface area (Å²) in [7, 11) is 1.16. The Hall–Kier alpha value is -1.25. The van der Waals surface area contributed by atoms with E-state index >= 15 is 0 Å². The van der Waals surface area contributed by atoms with Gasteiger partial charge in [-0.25, -0.2) is 0 Å². The molecule has 2 atom stereocenters. The Kier molecular flexibility index (Phi) is 31.8. The van der Waals surface area contributed by atoms with E-state index in [2.05, 4.69) is 19.9 Å². The van der Waals surface area contributed by atoms with Gasteiger partial charge >= 0.3 is 11.9 Å². The maximum absolute atomic E-state index is 12.6. The summed E-state index contributed by atoms with van der Waals surface area (Å²) in [4.78, 5) is 37.3. The number of ether oxygens (including phenoxy) is 2. The number of nitrogens with zero attached hydrogens (tertiary/aromatic N) is 1. The molecule has 0 rings (SSSR count). The average molecular weight is 718 g/mol. The number of allylic oxidation sites excluding steroid dienone is 2. The lowest BCUT2D eigenvalue weighted by atomic mass is 10.1. The van der Waals surface area contributed by atoms with Gasteiger partial charge in [-0.05, 0) is 25.7 Å². The summed E-state index contributed by atoms with van der Waals surface area (Å²) in [6.45, 7) is 4.17. The minimum atomic E-state index is -4.62. The Morgan fingerprint density at radius 3 is 1.59 bits per heavy atom. The maximum Gasteiger partial charge on any atom is 0.306 e. The average Bonchev–Trinajstić information content (AvgIpc) is 3.04. The van der Waals surface area contributed by atoms with Crippen molar-refractivity contribution in [3.05, 3.63) is 12.2 Å². The molecule has 0 aliphatic heterocycles. The van der Waals surface area contributed by atoms with Crippen LogP contribution in [0.5, 0.6) is 0 Å². The summed E-state index contributed by atoms with van der Waals surface area (Å²) in [5.74, 6) is -0.888. The summed E-state index contributed by atoms with van der Waals surface area (Å²) >= 11 is 0. The first-order chi connectivity index (χ1) is 23.5. The maximum atomic E-state index is 12.6. The number of carbonyl (C=O) groups excluding carboxylic acids is 2. The monoisotopic (exact) mass is 718 g/mol. The summed E-state index contributed by atoms with van der Waals surface area (Å²) < 4.78 is 33.7. The van der Waals surface area contributed by atoms with Gasteiger partial charge in [-0.3, -0.25) is 14.2 Å². The first-order valence-corrected chi connectivity index (χ1v) is 21.4. The minimum Gasteiger partial charge on any atom is -0.756 e. The van der Waals surface area contributed by atoms with Crippen LogP contribution in [0.4, 0.5) is 0 Å². The van der Waals surface area contributed by atoms with Crippen molar-refractivity contribution in [2.75, 3.05) is 47.5 Å². The summed E-state index contributed by atoms with van der Waals surface area (Å²) in [6, 6.07) is 0. The van der Waals surface area contributed by atoms with Crippen LogP contribution in [0.3, 0.4) is 0 Å². The van der Waals surface area contributed by atoms with E-state index in [1.54, 1.807) is 0 Å². The van der Waals surface area contributed by atoms with E-state index in [1.807, 2.05) is 27.2 Å². The van der Waals surface area contributed by atoms with Crippen molar-refractivity contribution in [2.45, 2.75) is 180 Å². The summed E-state index contributed by atoms with van der Waals surface area (Å²) in [5, 5.41) is 0. The molecule has 9 nitrogen and oxygen atoms in total. The van der Waals surface area contributed by atoms with Gasteiger partial charge in [0.05, 0.1) is 27.7 Å². The van der Waals surface area contributed by atoms with Crippen LogP contribution in [0.2, 0.25) is 0 Å². The van der Waals surface area contributed by atoms with Gasteiger partial charge in [-0.15, -0.1) is 0 Å². The molecule has 0 aliphatic rings. The number of phosphoric acid groups is 1. The smallest absolute Gasteiger partial charge is 0.306 e. The molecule has 0 aromatic carbocycles. The van der Waals surface area contributed by atoms with Gasteiger partial charge in [-0.1, -0.05) is 148 Å². The zero-order chi connectivity index (χ0) is 36.5. The second-order valence-corrected chi connectivity index (χ2v) is 16.1. The van der Waals surface area contributed by atoms with E-state index in [0.29, 0.717) is 23.9 Å². The molecule has 0 saturated heterocycles. The van der Waals surface area contributed by atoms with E-state index in [4.69, 9.17) is 18.5 Å². The van der Waals surface area contributed by atoms with Crippen LogP contribution in [-0.4, -0.2) is 70.0 Å². The van der Waals surface area contributed by atoms with Crippen LogP contribution in [0, 0.1) is 0 Å². The van der Waals surface area contributed by atoms with Gasteiger partial charge in [0.15, 0.2) is 6.10 Å². The molecule has 0 aromatic rings. The number of hydrogen-bond donors (Lipinski definition) is 0. The molecule has 0 saturated carbocycles. The zero-order valence-corrected chi connectivity index (χ0v) is 33.3. The fourth-order valence-corrected chi connectivity index (χ4v) is 6.11. The third kappa shape index (κ3) is 36.3. The number of esters is 2. The van der Waals surface area contributed by atoms with Crippen molar-refractivity contribution in [1.29, 1.82) is 0 Å². The molecule has 0 amide bonds. The molecule has 290 valence electrons. The van der Waals surface area contributed by atoms with E-state index < -0.39 is 32.5 Å². The van der Waals surface area contributed by atoms with E-state index in [0.717, 1.165) is 32.1 Å². The molecule has 0 radical (unpaired) electrons. The van der Waals surface area contributed by atoms with Crippen molar-refractivity contribution in [1.82, 2.24) is 0 Å². The lowest BCUT2D eigenvalue weighted by molar-refractivity contribution is -0.870. The van der Waals surface area contributed by atoms with Crippen molar-refractivity contribution < 1.29 is 42.1 Å². The molecule has 0 N–H and O–H groups in total. The van der Waals surface area contributed by atoms with Crippen molar-refractivity contribution in [3.8, 4) is 0 Å². The molecule has 1 unspecified atom stereocenters. The summed E-state index contributed by atoms with van der Waals surface area (Å²) in [5.41, 5.74) is 0. The quantitative estimate of drug-likeness (QED) is 0.0207. The molecule has 0 aliphatic carbocycles. The number of phosphoric ester groups is 1. The highest BCUT2D eigenvalue weighted by atomic mass is 31.2. The Morgan fingerprint density at radius 2 is 1.08 bits per heavy atom. The topological polar surface area (TPSA) is 111 Å². The fourth-order valence-electron chi connectivity index (χ4n) is 5.38. The number of carbonyl (C=O) groups is 2. The van der Waals surface area contributed by atoms with Gasteiger partial charge in [0.25, 0.3) is 7.82 Å². The molecule has 0 heterocycles. The molecule has 0 spiro atoms. The third-order valence-corrected chi connectivity index (χ3v) is 9.51. The largest absolute Gasteiger partial charge is 0.756 e. The second-order valence-electron chi connectivity index (χ2n) is 14.7. The van der Waals surface area contributed by atoms with Crippen LogP contribution < -0.4 is 4.89 Å². The Balaban J connectivity index is 4.42. The Labute approximate surface area is 301 Å². The molecule has 0 aromatic heterocycles. The number of rotatable bonds is 36. The fraction of sp³-hybridized carbons (Fsp3) is 0.897. The van der Waals surface area contributed by atoms with Crippen LogP contribution in [-0.2, 0) is 32.7 Å². The van der Waals surface area contributed by atoms with Crippen molar-refractivity contribution in [2.24, 2.45) is 0 Å². The van der Waals surface area contributed by atoms with Crippen LogP contribution >= 0.6 is 7.82 Å². The SMILES string of the molecule is CCCCCCCCCCCCC/C=C/CCC(=O)OC[C@@H](COP(=O)([O-])OCC[N+](C)(C)C)OC(=O)CCCCCCCCCCCC. The third-order valence-electron chi connectivity index (χ3n) is 8.55. The van der Waals surface area contributed by atoms with Gasteiger partial charge in [-0.2, -0.15) is 0 Å². The van der Waals surface area contributed by atoms with Gasteiger partial charge < -0.3 is 27.9 Å². The second kappa shape index (κ2) is 32.6. The standard InChI is InChI=1S/C39H76NO8P/c1-6-8-10-12-14-16-18-19-20-21-22-24-25-27-29-31-38(41)45-35-37(36-47-49(43,44)46-34-33-40(3,4)5)48-39(42)32-30-28-26-23-17-15-13-11-9-7-2/h25,27,37H,6-24,26,28-36H2,1-5H3/b27-25+/t37-/m0/s1. The molecule has 0 bridgehead atoms. The normalized spacial score (nSPS) is 13.8. The van der Waals surface area contributed by atoms with Crippen LogP contribution in [0.25, 0.3) is 0 Å². The first-order valence-electron chi connectivity index (χ1n) is 19.9. The number of quaternary nitrogens is 1. The molecule has 49 heavy (non-hydrogen) atoms. The van der Waals surface area contributed by atoms with Crippen LogP contribution in [0.1, 0.15) is 174 Å². The lowest BCUT2D eigenvalue weighted by Gasteiger charge is -2.28. The molecule has 0 fully saturated rings. The van der Waals surface area contributed by atoms with E-state index in [1.165, 1.54) is 103 Å². The van der Waals surface area contributed by atoms with Gasteiger partial charge in [0, 0.05) is 12.8 Å². The van der Waals surface area contributed by atoms with E-state index in [-0.39, 0.29) is 26.1 Å².